The molecule has 1 amide bonds. The molecule has 132 valence electrons. The normalized spacial score (nSPS) is 17.3. The maximum atomic E-state index is 12.9. The first-order valence-electron chi connectivity index (χ1n) is 8.70. The van der Waals surface area contributed by atoms with Crippen LogP contribution in [0.2, 0.25) is 0 Å². The number of aromatic nitrogens is 3. The number of hydrogen-bond acceptors (Lipinski definition) is 4. The molecular formula is C20H20N4OS. The van der Waals surface area contributed by atoms with Crippen LogP contribution >= 0.6 is 11.8 Å². The number of amides is 1. The van der Waals surface area contributed by atoms with Crippen molar-refractivity contribution >= 4 is 17.7 Å². The first kappa shape index (κ1) is 16.8. The van der Waals surface area contributed by atoms with Crippen LogP contribution in [0, 0.1) is 0 Å². The third-order valence-electron chi connectivity index (χ3n) is 4.68. The molecule has 2 aromatic carbocycles. The number of carbonyl (C=O) groups is 1. The van der Waals surface area contributed by atoms with Gasteiger partial charge in [-0.1, -0.05) is 54.6 Å². The molecule has 0 saturated heterocycles. The van der Waals surface area contributed by atoms with Crippen molar-refractivity contribution in [1.82, 2.24) is 20.5 Å². The van der Waals surface area contributed by atoms with Gasteiger partial charge in [-0.25, -0.2) is 4.98 Å². The van der Waals surface area contributed by atoms with E-state index in [0.717, 1.165) is 29.1 Å². The Morgan fingerprint density at radius 1 is 1.19 bits per heavy atom. The smallest absolute Gasteiger partial charge is 0.237 e. The van der Waals surface area contributed by atoms with E-state index in [-0.39, 0.29) is 17.1 Å². The van der Waals surface area contributed by atoms with Crippen LogP contribution < -0.4 is 5.32 Å². The molecular weight excluding hydrogens is 344 g/mol. The van der Waals surface area contributed by atoms with Crippen LogP contribution in [0.3, 0.4) is 0 Å². The molecule has 0 radical (unpaired) electrons. The second kappa shape index (κ2) is 7.74. The molecule has 0 bridgehead atoms. The molecule has 0 fully saturated rings. The maximum Gasteiger partial charge on any atom is 0.237 e. The Labute approximate surface area is 156 Å². The fourth-order valence-corrected chi connectivity index (χ4v) is 4.56. The van der Waals surface area contributed by atoms with E-state index in [1.807, 2.05) is 42.5 Å². The predicted octanol–water partition coefficient (Wildman–Crippen LogP) is 3.08. The van der Waals surface area contributed by atoms with E-state index in [9.17, 15) is 4.79 Å². The summed E-state index contributed by atoms with van der Waals surface area (Å²) >= 11 is 1.71. The van der Waals surface area contributed by atoms with Crippen molar-refractivity contribution in [3.8, 4) is 0 Å². The van der Waals surface area contributed by atoms with Crippen molar-refractivity contribution in [2.24, 2.45) is 0 Å². The first-order chi connectivity index (χ1) is 12.8. The van der Waals surface area contributed by atoms with E-state index in [1.54, 1.807) is 11.8 Å². The minimum Gasteiger partial charge on any atom is -0.354 e. The third-order valence-corrected chi connectivity index (χ3v) is 5.92. The van der Waals surface area contributed by atoms with E-state index in [4.69, 9.17) is 0 Å². The van der Waals surface area contributed by atoms with Gasteiger partial charge >= 0.3 is 0 Å². The van der Waals surface area contributed by atoms with Crippen molar-refractivity contribution in [2.75, 3.05) is 12.3 Å². The summed E-state index contributed by atoms with van der Waals surface area (Å²) in [7, 11) is 0. The van der Waals surface area contributed by atoms with Crippen molar-refractivity contribution in [1.29, 1.82) is 0 Å². The minimum atomic E-state index is -0.147. The van der Waals surface area contributed by atoms with E-state index < -0.39 is 0 Å². The molecule has 0 aliphatic carbocycles. The van der Waals surface area contributed by atoms with Crippen LogP contribution in [-0.4, -0.2) is 33.4 Å². The molecule has 3 aromatic rings. The fourth-order valence-electron chi connectivity index (χ4n) is 3.35. The number of aromatic amines is 1. The Hall–Kier alpha value is -2.60. The van der Waals surface area contributed by atoms with Crippen LogP contribution in [0.15, 0.2) is 60.9 Å². The van der Waals surface area contributed by atoms with Gasteiger partial charge in [0, 0.05) is 6.54 Å². The van der Waals surface area contributed by atoms with Crippen molar-refractivity contribution < 1.29 is 4.79 Å². The molecule has 1 aliphatic heterocycles. The fraction of sp³-hybridized carbons (Fsp3) is 0.250. The van der Waals surface area contributed by atoms with Gasteiger partial charge in [0.1, 0.15) is 17.4 Å². The van der Waals surface area contributed by atoms with Crippen LogP contribution in [0.4, 0.5) is 0 Å². The lowest BCUT2D eigenvalue weighted by atomic mass is 9.97. The molecule has 0 saturated carbocycles. The molecule has 26 heavy (non-hydrogen) atoms. The summed E-state index contributed by atoms with van der Waals surface area (Å²) in [5, 5.41) is 9.88. The summed E-state index contributed by atoms with van der Waals surface area (Å²) in [5.41, 5.74) is 3.51. The molecule has 1 aromatic heterocycles. The molecule has 1 aliphatic rings. The highest BCUT2D eigenvalue weighted by molar-refractivity contribution is 8.00. The monoisotopic (exact) mass is 364 g/mol. The highest BCUT2D eigenvalue weighted by Crippen LogP contribution is 2.36. The summed E-state index contributed by atoms with van der Waals surface area (Å²) in [6.45, 7) is 0.483. The molecule has 2 heterocycles. The van der Waals surface area contributed by atoms with Crippen molar-refractivity contribution in [3.63, 3.8) is 0 Å². The van der Waals surface area contributed by atoms with Crippen molar-refractivity contribution in [3.05, 3.63) is 83.4 Å². The van der Waals surface area contributed by atoms with Gasteiger partial charge in [0.2, 0.25) is 5.91 Å². The van der Waals surface area contributed by atoms with E-state index in [2.05, 4.69) is 32.6 Å². The number of nitrogens with one attached hydrogen (secondary N) is 2. The SMILES string of the molecule is O=C(NCC(c1ccccc1)c1ncn[nH]1)C1SCCc2ccccc21. The average molecular weight is 364 g/mol. The Balaban J connectivity index is 1.51. The molecule has 2 atom stereocenters. The van der Waals surface area contributed by atoms with Crippen LogP contribution in [0.1, 0.15) is 33.7 Å². The van der Waals surface area contributed by atoms with Gasteiger partial charge in [-0.2, -0.15) is 5.10 Å². The summed E-state index contributed by atoms with van der Waals surface area (Å²) < 4.78 is 0. The van der Waals surface area contributed by atoms with Gasteiger partial charge < -0.3 is 5.32 Å². The van der Waals surface area contributed by atoms with Crippen LogP contribution in [-0.2, 0) is 11.2 Å². The number of aryl methyl sites for hydroxylation is 1. The lowest BCUT2D eigenvalue weighted by molar-refractivity contribution is -0.120. The largest absolute Gasteiger partial charge is 0.354 e. The summed E-state index contributed by atoms with van der Waals surface area (Å²) in [4.78, 5) is 17.2. The number of hydrogen-bond donors (Lipinski definition) is 2. The Morgan fingerprint density at radius 3 is 2.81 bits per heavy atom. The highest BCUT2D eigenvalue weighted by Gasteiger charge is 2.28. The number of H-pyrrole nitrogens is 1. The standard InChI is InChI=1S/C20H20N4OS/c25-20(18-16-9-5-4-8-15(16)10-11-26-18)21-12-17(19-22-13-23-24-19)14-6-2-1-3-7-14/h1-9,13,17-18H,10-12H2,(H,21,25)(H,22,23,24). The summed E-state index contributed by atoms with van der Waals surface area (Å²) in [5.74, 6) is 1.74. The highest BCUT2D eigenvalue weighted by atomic mass is 32.2. The second-order valence-corrected chi connectivity index (χ2v) is 7.49. The van der Waals surface area contributed by atoms with Gasteiger partial charge in [0.25, 0.3) is 0 Å². The lowest BCUT2D eigenvalue weighted by Crippen LogP contribution is -2.33. The van der Waals surface area contributed by atoms with Gasteiger partial charge in [-0.05, 0) is 28.9 Å². The first-order valence-corrected chi connectivity index (χ1v) is 9.75. The van der Waals surface area contributed by atoms with Gasteiger partial charge in [-0.3, -0.25) is 9.89 Å². The van der Waals surface area contributed by atoms with Crippen molar-refractivity contribution in [2.45, 2.75) is 17.6 Å². The topological polar surface area (TPSA) is 70.7 Å². The number of carbonyl (C=O) groups excluding carboxylic acids is 1. The number of fused-ring (bicyclic) bond motifs is 1. The average Bonchev–Trinajstić information content (AvgIpc) is 3.23. The van der Waals surface area contributed by atoms with Gasteiger partial charge in [0.05, 0.1) is 5.92 Å². The van der Waals surface area contributed by atoms with Gasteiger partial charge in [-0.15, -0.1) is 11.8 Å². The zero-order chi connectivity index (χ0) is 17.8. The second-order valence-electron chi connectivity index (χ2n) is 6.28. The Kier molecular flexibility index (Phi) is 5.02. The minimum absolute atomic E-state index is 0.0496. The number of rotatable bonds is 5. The molecule has 5 nitrogen and oxygen atoms in total. The molecule has 6 heteroatoms. The third kappa shape index (κ3) is 3.51. The predicted molar refractivity (Wildman–Crippen MR) is 103 cm³/mol. The van der Waals surface area contributed by atoms with Crippen LogP contribution in [0.5, 0.6) is 0 Å². The summed E-state index contributed by atoms with van der Waals surface area (Å²) in [6, 6.07) is 18.3. The number of thioether (sulfide) groups is 1. The Morgan fingerprint density at radius 2 is 2.00 bits per heavy atom. The van der Waals surface area contributed by atoms with E-state index in [0.29, 0.717) is 6.54 Å². The molecule has 2 N–H and O–H groups in total. The quantitative estimate of drug-likeness (QED) is 0.730. The summed E-state index contributed by atoms with van der Waals surface area (Å²) in [6.07, 6.45) is 2.52. The zero-order valence-electron chi connectivity index (χ0n) is 14.3. The Bertz CT molecular complexity index is 867. The van der Waals surface area contributed by atoms with Crippen LogP contribution in [0.25, 0.3) is 0 Å². The molecule has 4 rings (SSSR count). The van der Waals surface area contributed by atoms with E-state index >= 15 is 0 Å². The number of benzene rings is 2. The van der Waals surface area contributed by atoms with Gasteiger partial charge in [0.15, 0.2) is 0 Å². The zero-order valence-corrected chi connectivity index (χ0v) is 15.1. The lowest BCUT2D eigenvalue weighted by Gasteiger charge is -2.25. The number of nitrogens with zero attached hydrogens (tertiary/aromatic N) is 2. The maximum absolute atomic E-state index is 12.9. The molecule has 0 spiro atoms. The molecule has 2 unspecified atom stereocenters. The van der Waals surface area contributed by atoms with E-state index in [1.165, 1.54) is 11.9 Å².